The third-order valence-corrected chi connectivity index (χ3v) is 4.59. The van der Waals surface area contributed by atoms with Crippen LogP contribution in [0.5, 0.6) is 11.5 Å². The van der Waals surface area contributed by atoms with Gasteiger partial charge in [-0.15, -0.1) is 10.2 Å². The summed E-state index contributed by atoms with van der Waals surface area (Å²) in [6, 6.07) is 8.07. The van der Waals surface area contributed by atoms with E-state index in [1.54, 1.807) is 12.1 Å². The van der Waals surface area contributed by atoms with Crippen LogP contribution in [0.25, 0.3) is 5.65 Å². The quantitative estimate of drug-likeness (QED) is 0.651. The molecule has 2 N–H and O–H groups in total. The Hall–Kier alpha value is -3.00. The van der Waals surface area contributed by atoms with Gasteiger partial charge in [0.25, 0.3) is 0 Å². The number of ether oxygens (including phenoxy) is 2. The number of anilines is 1. The number of pyridine rings is 1. The first-order valence-corrected chi connectivity index (χ1v) is 9.11. The highest BCUT2D eigenvalue weighted by atomic mass is 35.5. The third-order valence-electron chi connectivity index (χ3n) is 4.29. The van der Waals surface area contributed by atoms with Crippen LogP contribution < -0.4 is 20.1 Å². The van der Waals surface area contributed by atoms with E-state index < -0.39 is 6.03 Å². The summed E-state index contributed by atoms with van der Waals surface area (Å²) in [6.07, 6.45) is 1.87. The summed E-state index contributed by atoms with van der Waals surface area (Å²) in [6.45, 7) is 4.00. The Morgan fingerprint density at radius 2 is 1.89 bits per heavy atom. The smallest absolute Gasteiger partial charge is 0.319 e. The first kappa shape index (κ1) is 19.8. The molecule has 0 aliphatic carbocycles. The summed E-state index contributed by atoms with van der Waals surface area (Å²) in [4.78, 5) is 12.7. The lowest BCUT2D eigenvalue weighted by Crippen LogP contribution is -2.36. The van der Waals surface area contributed by atoms with E-state index in [0.29, 0.717) is 33.7 Å². The molecule has 2 amide bonds. The number of rotatable bonds is 6. The zero-order chi connectivity index (χ0) is 20.3. The van der Waals surface area contributed by atoms with Gasteiger partial charge in [-0.1, -0.05) is 31.5 Å². The molecule has 0 saturated heterocycles. The van der Waals surface area contributed by atoms with Crippen molar-refractivity contribution in [2.75, 3.05) is 19.5 Å². The van der Waals surface area contributed by atoms with Crippen molar-refractivity contribution in [1.29, 1.82) is 0 Å². The van der Waals surface area contributed by atoms with Crippen molar-refractivity contribution in [3.63, 3.8) is 0 Å². The lowest BCUT2D eigenvalue weighted by Gasteiger charge is -2.21. The van der Waals surface area contributed by atoms with Crippen molar-refractivity contribution >= 4 is 29.0 Å². The van der Waals surface area contributed by atoms with E-state index in [4.69, 9.17) is 21.1 Å². The number of nitrogens with zero attached hydrogens (tertiary/aromatic N) is 3. The van der Waals surface area contributed by atoms with Crippen LogP contribution >= 0.6 is 11.6 Å². The molecule has 0 bridgehead atoms. The first-order valence-electron chi connectivity index (χ1n) is 8.73. The van der Waals surface area contributed by atoms with E-state index in [0.717, 1.165) is 0 Å². The number of hydrogen-bond donors (Lipinski definition) is 2. The van der Waals surface area contributed by atoms with Gasteiger partial charge >= 0.3 is 6.03 Å². The summed E-state index contributed by atoms with van der Waals surface area (Å²) in [5, 5.41) is 14.5. The molecular weight excluding hydrogens is 382 g/mol. The monoisotopic (exact) mass is 403 g/mol. The molecule has 1 aromatic carbocycles. The van der Waals surface area contributed by atoms with Gasteiger partial charge in [0.2, 0.25) is 0 Å². The van der Waals surface area contributed by atoms with Gasteiger partial charge in [0, 0.05) is 12.3 Å². The number of benzene rings is 1. The average molecular weight is 404 g/mol. The Morgan fingerprint density at radius 1 is 1.14 bits per heavy atom. The second kappa shape index (κ2) is 8.35. The molecule has 3 aromatic rings. The van der Waals surface area contributed by atoms with Crippen molar-refractivity contribution < 1.29 is 14.3 Å². The Bertz CT molecular complexity index is 989. The molecule has 1 atom stereocenters. The fourth-order valence-corrected chi connectivity index (χ4v) is 3.10. The Morgan fingerprint density at radius 3 is 2.57 bits per heavy atom. The normalized spacial score (nSPS) is 12.1. The Labute approximate surface area is 167 Å². The van der Waals surface area contributed by atoms with Gasteiger partial charge in [0.1, 0.15) is 11.5 Å². The van der Waals surface area contributed by atoms with Crippen molar-refractivity contribution in [1.82, 2.24) is 19.9 Å². The number of aromatic nitrogens is 3. The minimum absolute atomic E-state index is 0.0831. The van der Waals surface area contributed by atoms with E-state index in [9.17, 15) is 4.79 Å². The lowest BCUT2D eigenvalue weighted by atomic mass is 10.0. The van der Waals surface area contributed by atoms with E-state index in [2.05, 4.69) is 20.8 Å². The highest BCUT2D eigenvalue weighted by Crippen LogP contribution is 2.36. The van der Waals surface area contributed by atoms with Gasteiger partial charge in [0.15, 0.2) is 11.5 Å². The predicted octanol–water partition coefficient (Wildman–Crippen LogP) is 3.92. The highest BCUT2D eigenvalue weighted by Gasteiger charge is 2.24. The molecule has 8 nitrogen and oxygen atoms in total. The first-order chi connectivity index (χ1) is 13.4. The minimum Gasteiger partial charge on any atom is -0.495 e. The van der Waals surface area contributed by atoms with Gasteiger partial charge in [-0.25, -0.2) is 4.79 Å². The van der Waals surface area contributed by atoms with Crippen LogP contribution in [0.15, 0.2) is 36.5 Å². The number of carbonyl (C=O) groups excluding carboxylic acids is 1. The van der Waals surface area contributed by atoms with Gasteiger partial charge in [0.05, 0.1) is 31.0 Å². The van der Waals surface area contributed by atoms with Crippen LogP contribution in [0.2, 0.25) is 5.02 Å². The van der Waals surface area contributed by atoms with Crippen molar-refractivity contribution in [2.45, 2.75) is 19.9 Å². The molecule has 0 aliphatic rings. The molecule has 148 valence electrons. The molecule has 3 rings (SSSR count). The van der Waals surface area contributed by atoms with E-state index in [-0.39, 0.29) is 12.0 Å². The maximum atomic E-state index is 12.7. The topological polar surface area (TPSA) is 89.8 Å². The summed E-state index contributed by atoms with van der Waals surface area (Å²) in [5.41, 5.74) is 1.15. The number of nitrogens with one attached hydrogen (secondary N) is 2. The van der Waals surface area contributed by atoms with Crippen LogP contribution in [-0.4, -0.2) is 34.8 Å². The van der Waals surface area contributed by atoms with Gasteiger partial charge < -0.3 is 20.1 Å². The van der Waals surface area contributed by atoms with Crippen LogP contribution in [0.4, 0.5) is 10.5 Å². The Balaban J connectivity index is 1.83. The van der Waals surface area contributed by atoms with Gasteiger partial charge in [-0.05, 0) is 24.1 Å². The fourth-order valence-electron chi connectivity index (χ4n) is 2.86. The SMILES string of the molecule is COc1cc(OC)c(NC(=O)NC(c2nnc3ccccn23)C(C)C)cc1Cl. The maximum Gasteiger partial charge on any atom is 0.319 e. The van der Waals surface area contributed by atoms with Crippen LogP contribution in [0.1, 0.15) is 25.7 Å². The maximum absolute atomic E-state index is 12.7. The number of hydrogen-bond acceptors (Lipinski definition) is 5. The Kier molecular flexibility index (Phi) is 5.89. The second-order valence-electron chi connectivity index (χ2n) is 6.49. The number of halogens is 1. The molecule has 0 spiro atoms. The van der Waals surface area contributed by atoms with Crippen LogP contribution in [0, 0.1) is 5.92 Å². The largest absolute Gasteiger partial charge is 0.495 e. The molecule has 9 heteroatoms. The fraction of sp³-hybridized carbons (Fsp3) is 0.316. The molecule has 0 aliphatic heterocycles. The van der Waals surface area contributed by atoms with E-state index >= 15 is 0 Å². The number of carbonyl (C=O) groups is 1. The molecule has 0 saturated carbocycles. The summed E-state index contributed by atoms with van der Waals surface area (Å²) >= 11 is 6.17. The minimum atomic E-state index is -0.411. The summed E-state index contributed by atoms with van der Waals surface area (Å²) < 4.78 is 12.4. The molecular formula is C19H22ClN5O3. The number of urea groups is 1. The van der Waals surface area contributed by atoms with Gasteiger partial charge in [-0.3, -0.25) is 4.40 Å². The predicted molar refractivity (Wildman–Crippen MR) is 107 cm³/mol. The molecule has 2 heterocycles. The van der Waals surface area contributed by atoms with Crippen LogP contribution in [-0.2, 0) is 0 Å². The number of methoxy groups -OCH3 is 2. The number of fused-ring (bicyclic) bond motifs is 1. The zero-order valence-electron chi connectivity index (χ0n) is 16.1. The van der Waals surface area contributed by atoms with Gasteiger partial charge in [-0.2, -0.15) is 0 Å². The second-order valence-corrected chi connectivity index (χ2v) is 6.90. The summed E-state index contributed by atoms with van der Waals surface area (Å²) in [7, 11) is 3.02. The molecule has 2 aromatic heterocycles. The zero-order valence-corrected chi connectivity index (χ0v) is 16.8. The average Bonchev–Trinajstić information content (AvgIpc) is 3.10. The van der Waals surface area contributed by atoms with Crippen molar-refractivity contribution in [3.05, 3.63) is 47.4 Å². The number of amides is 2. The lowest BCUT2D eigenvalue weighted by molar-refractivity contribution is 0.243. The highest BCUT2D eigenvalue weighted by molar-refractivity contribution is 6.32. The van der Waals surface area contributed by atoms with E-state index in [1.807, 2.05) is 42.6 Å². The van der Waals surface area contributed by atoms with E-state index in [1.165, 1.54) is 14.2 Å². The van der Waals surface area contributed by atoms with Crippen molar-refractivity contribution in [2.24, 2.45) is 5.92 Å². The molecule has 0 fully saturated rings. The summed E-state index contributed by atoms with van der Waals surface area (Å²) in [5.74, 6) is 1.63. The van der Waals surface area contributed by atoms with Crippen molar-refractivity contribution in [3.8, 4) is 11.5 Å². The third kappa shape index (κ3) is 3.96. The molecule has 1 unspecified atom stereocenters. The molecule has 0 radical (unpaired) electrons. The van der Waals surface area contributed by atoms with Crippen LogP contribution in [0.3, 0.4) is 0 Å². The molecule has 28 heavy (non-hydrogen) atoms. The standard InChI is InChI=1S/C19H22ClN5O3/c1-11(2)17(18-24-23-16-7-5-6-8-25(16)18)22-19(26)21-13-9-12(20)14(27-3)10-15(13)28-4/h5-11,17H,1-4H3,(H2,21,22,26).